The molecule has 0 saturated heterocycles. The molecule has 2 amide bonds. The highest BCUT2D eigenvalue weighted by Gasteiger charge is 2.36. The van der Waals surface area contributed by atoms with Gasteiger partial charge >= 0.3 is 10.2 Å². The average Bonchev–Trinajstić information content (AvgIpc) is 2.88. The Bertz CT molecular complexity index is 1180. The molecular weight excluding hydrogens is 464 g/mol. The normalized spacial score (nSPS) is 17.3. The van der Waals surface area contributed by atoms with Gasteiger partial charge < -0.3 is 4.90 Å². The van der Waals surface area contributed by atoms with Gasteiger partial charge in [-0.15, -0.1) is 0 Å². The maximum atomic E-state index is 13.7. The number of nitrogens with one attached hydrogen (secondary N) is 1. The number of aliphatic imine (C=N–C) groups is 1. The molecule has 1 aliphatic rings. The molecular formula is C23H27ClN4O4S. The van der Waals surface area contributed by atoms with Crippen LogP contribution in [-0.2, 0) is 19.8 Å². The van der Waals surface area contributed by atoms with Crippen LogP contribution in [0.5, 0.6) is 0 Å². The predicted molar refractivity (Wildman–Crippen MR) is 130 cm³/mol. The van der Waals surface area contributed by atoms with Gasteiger partial charge in [0.25, 0.3) is 11.8 Å². The zero-order chi connectivity index (χ0) is 24.3. The van der Waals surface area contributed by atoms with Gasteiger partial charge in [0.15, 0.2) is 0 Å². The molecule has 8 nitrogen and oxygen atoms in total. The minimum atomic E-state index is -4.00. The van der Waals surface area contributed by atoms with Crippen LogP contribution in [0.2, 0.25) is 5.02 Å². The molecule has 1 aliphatic heterocycles. The Morgan fingerprint density at radius 1 is 1.21 bits per heavy atom. The lowest BCUT2D eigenvalue weighted by molar-refractivity contribution is -0.124. The average molecular weight is 491 g/mol. The summed E-state index contributed by atoms with van der Waals surface area (Å²) in [5.74, 6) is -1.32. The molecule has 0 saturated carbocycles. The Labute approximate surface area is 199 Å². The first-order valence-corrected chi connectivity index (χ1v) is 12.3. The largest absolute Gasteiger partial charge is 0.303 e. The summed E-state index contributed by atoms with van der Waals surface area (Å²) in [5, 5.41) is 0.450. The number of nitrogens with zero attached hydrogens (tertiary/aromatic N) is 3. The van der Waals surface area contributed by atoms with Crippen molar-refractivity contribution in [2.45, 2.75) is 26.3 Å². The maximum absolute atomic E-state index is 13.7. The zero-order valence-corrected chi connectivity index (χ0v) is 20.5. The van der Waals surface area contributed by atoms with Crippen LogP contribution in [0.3, 0.4) is 0 Å². The summed E-state index contributed by atoms with van der Waals surface area (Å²) in [4.78, 5) is 32.5. The number of carbonyl (C=O) groups is 2. The molecule has 0 spiro atoms. The van der Waals surface area contributed by atoms with Crippen LogP contribution in [0, 0.1) is 5.92 Å². The fourth-order valence-corrected chi connectivity index (χ4v) is 4.18. The smallest absolute Gasteiger partial charge is 0.300 e. The third kappa shape index (κ3) is 5.43. The van der Waals surface area contributed by atoms with Gasteiger partial charge in [0, 0.05) is 30.2 Å². The Kier molecular flexibility index (Phi) is 7.56. The van der Waals surface area contributed by atoms with Crippen molar-refractivity contribution in [1.29, 1.82) is 0 Å². The number of hydrogen-bond donors (Lipinski definition) is 1. The first-order valence-electron chi connectivity index (χ1n) is 10.5. The molecule has 1 N–H and O–H groups in total. The second-order valence-corrected chi connectivity index (χ2v) is 10.4. The van der Waals surface area contributed by atoms with Gasteiger partial charge in [-0.1, -0.05) is 62.2 Å². The first kappa shape index (κ1) is 24.9. The van der Waals surface area contributed by atoms with Crippen molar-refractivity contribution in [3.8, 4) is 0 Å². The fourth-order valence-electron chi connectivity index (χ4n) is 3.47. The van der Waals surface area contributed by atoms with Crippen LogP contribution < -0.4 is 9.62 Å². The van der Waals surface area contributed by atoms with E-state index in [0.717, 1.165) is 9.87 Å². The number of rotatable bonds is 7. The van der Waals surface area contributed by atoms with E-state index in [0.29, 0.717) is 28.4 Å². The van der Waals surface area contributed by atoms with Crippen LogP contribution in [0.15, 0.2) is 53.5 Å². The van der Waals surface area contributed by atoms with Crippen molar-refractivity contribution in [1.82, 2.24) is 9.03 Å². The third-order valence-electron chi connectivity index (χ3n) is 5.55. The molecule has 0 aromatic heterocycles. The number of fused-ring (bicyclic) bond motifs is 1. The number of carbonyl (C=O) groups excluding carboxylic acids is 2. The van der Waals surface area contributed by atoms with Crippen LogP contribution in [0.25, 0.3) is 0 Å². The molecule has 176 valence electrons. The van der Waals surface area contributed by atoms with E-state index in [1.165, 1.54) is 19.0 Å². The fraction of sp³-hybridized carbons (Fsp3) is 0.348. The Morgan fingerprint density at radius 2 is 1.88 bits per heavy atom. The molecule has 0 fully saturated rings. The van der Waals surface area contributed by atoms with Crippen molar-refractivity contribution in [3.63, 3.8) is 0 Å². The van der Waals surface area contributed by atoms with E-state index < -0.39 is 28.7 Å². The Balaban J connectivity index is 2.14. The summed E-state index contributed by atoms with van der Waals surface area (Å²) in [6, 6.07) is 13.7. The molecule has 2 atom stereocenters. The summed E-state index contributed by atoms with van der Waals surface area (Å²) in [6.45, 7) is 3.41. The van der Waals surface area contributed by atoms with Crippen LogP contribution >= 0.6 is 11.6 Å². The van der Waals surface area contributed by atoms with Gasteiger partial charge in [-0.05, 0) is 24.1 Å². The minimum Gasteiger partial charge on any atom is -0.300 e. The lowest BCUT2D eigenvalue weighted by Crippen LogP contribution is -2.48. The lowest BCUT2D eigenvalue weighted by Gasteiger charge is -2.27. The second kappa shape index (κ2) is 10.0. The topological polar surface area (TPSA) is 99.2 Å². The van der Waals surface area contributed by atoms with Gasteiger partial charge in [0.05, 0.1) is 11.4 Å². The highest BCUT2D eigenvalue weighted by molar-refractivity contribution is 7.87. The van der Waals surface area contributed by atoms with Crippen molar-refractivity contribution in [2.75, 3.05) is 25.5 Å². The third-order valence-corrected chi connectivity index (χ3v) is 7.23. The van der Waals surface area contributed by atoms with Crippen molar-refractivity contribution >= 4 is 45.0 Å². The molecule has 0 bridgehead atoms. The van der Waals surface area contributed by atoms with Crippen molar-refractivity contribution in [3.05, 3.63) is 64.7 Å². The van der Waals surface area contributed by atoms with E-state index in [-0.39, 0.29) is 11.8 Å². The molecule has 10 heteroatoms. The summed E-state index contributed by atoms with van der Waals surface area (Å²) < 4.78 is 27.1. The molecule has 1 unspecified atom stereocenters. The number of halogens is 1. The lowest BCUT2D eigenvalue weighted by atomic mass is 9.98. The molecule has 33 heavy (non-hydrogen) atoms. The SMILES string of the molecule is CC[C@H](C)C1N=C(c2ccccc2)c2cc(Cl)ccc2N(CC(=O)NS(=O)(=O)N(C)C)C1=O. The summed E-state index contributed by atoms with van der Waals surface area (Å²) in [6.07, 6.45) is 0.689. The van der Waals surface area contributed by atoms with Gasteiger partial charge in [-0.3, -0.25) is 14.6 Å². The van der Waals surface area contributed by atoms with Gasteiger partial charge in [0.1, 0.15) is 12.6 Å². The summed E-state index contributed by atoms with van der Waals surface area (Å²) in [5.41, 5.74) is 2.44. The number of anilines is 1. The number of hydrogen-bond acceptors (Lipinski definition) is 5. The summed E-state index contributed by atoms with van der Waals surface area (Å²) in [7, 11) is -1.38. The van der Waals surface area contributed by atoms with Crippen LogP contribution in [-0.4, -0.2) is 56.9 Å². The predicted octanol–water partition coefficient (Wildman–Crippen LogP) is 2.86. The molecule has 3 rings (SSSR count). The molecule has 1 heterocycles. The zero-order valence-electron chi connectivity index (χ0n) is 18.9. The number of amides is 2. The van der Waals surface area contributed by atoms with Gasteiger partial charge in [0.2, 0.25) is 0 Å². The molecule has 0 aliphatic carbocycles. The van der Waals surface area contributed by atoms with Gasteiger partial charge in [-0.2, -0.15) is 12.7 Å². The summed E-state index contributed by atoms with van der Waals surface area (Å²) >= 11 is 6.30. The van der Waals surface area contributed by atoms with E-state index >= 15 is 0 Å². The number of benzene rings is 2. The standard InChI is InChI=1S/C23H27ClN4O4S/c1-5-15(2)21-23(30)28(14-20(29)26-33(31,32)27(3)4)19-12-11-17(24)13-18(19)22(25-21)16-9-7-6-8-10-16/h6-13,15,21H,5,14H2,1-4H3,(H,26,29)/t15-,21?/m0/s1. The van der Waals surface area contributed by atoms with Crippen molar-refractivity contribution < 1.29 is 18.0 Å². The van der Waals surface area contributed by atoms with Crippen LogP contribution in [0.4, 0.5) is 5.69 Å². The Morgan fingerprint density at radius 3 is 2.48 bits per heavy atom. The molecule has 0 radical (unpaired) electrons. The maximum Gasteiger partial charge on any atom is 0.303 e. The number of benzodiazepines with no additional fused rings is 1. The minimum absolute atomic E-state index is 0.114. The highest BCUT2D eigenvalue weighted by atomic mass is 35.5. The van der Waals surface area contributed by atoms with Crippen molar-refractivity contribution in [2.24, 2.45) is 10.9 Å². The van der Waals surface area contributed by atoms with Gasteiger partial charge in [-0.25, -0.2) is 4.72 Å². The van der Waals surface area contributed by atoms with E-state index in [1.807, 2.05) is 48.9 Å². The van der Waals surface area contributed by atoms with Crippen LogP contribution in [0.1, 0.15) is 31.4 Å². The van der Waals surface area contributed by atoms with E-state index in [4.69, 9.17) is 16.6 Å². The Hall–Kier alpha value is -2.75. The molecule has 2 aromatic rings. The second-order valence-electron chi connectivity index (χ2n) is 8.07. The quantitative estimate of drug-likeness (QED) is 0.645. The highest BCUT2D eigenvalue weighted by Crippen LogP contribution is 2.32. The monoisotopic (exact) mass is 490 g/mol. The van der Waals surface area contributed by atoms with E-state index in [9.17, 15) is 18.0 Å². The molecule has 2 aromatic carbocycles. The van der Waals surface area contributed by atoms with E-state index in [1.54, 1.807) is 18.2 Å². The first-order chi connectivity index (χ1) is 15.5. The van der Waals surface area contributed by atoms with E-state index in [2.05, 4.69) is 0 Å².